The SMILES string of the molecule is Cc1ccc(C)c(NC(=O)c2cc(C)nc(N(C)c3ccccc3)n2)c1. The van der Waals surface area contributed by atoms with Gasteiger partial charge in [0.25, 0.3) is 5.91 Å². The van der Waals surface area contributed by atoms with E-state index in [1.165, 1.54) is 0 Å². The van der Waals surface area contributed by atoms with Crippen molar-refractivity contribution < 1.29 is 4.79 Å². The van der Waals surface area contributed by atoms with Crippen LogP contribution in [0.1, 0.15) is 27.3 Å². The fourth-order valence-electron chi connectivity index (χ4n) is 2.64. The van der Waals surface area contributed by atoms with Gasteiger partial charge in [-0.1, -0.05) is 30.3 Å². The fourth-order valence-corrected chi connectivity index (χ4v) is 2.64. The number of hydrogen-bond acceptors (Lipinski definition) is 4. The molecule has 1 aromatic heterocycles. The number of carbonyl (C=O) groups is 1. The van der Waals surface area contributed by atoms with E-state index >= 15 is 0 Å². The number of rotatable bonds is 4. The fraction of sp³-hybridized carbons (Fsp3) is 0.190. The van der Waals surface area contributed by atoms with Crippen molar-refractivity contribution in [1.29, 1.82) is 0 Å². The number of para-hydroxylation sites is 1. The first kappa shape index (κ1) is 17.6. The highest BCUT2D eigenvalue weighted by Crippen LogP contribution is 2.21. The van der Waals surface area contributed by atoms with Crippen molar-refractivity contribution in [2.45, 2.75) is 20.8 Å². The summed E-state index contributed by atoms with van der Waals surface area (Å²) >= 11 is 0. The predicted molar refractivity (Wildman–Crippen MR) is 105 cm³/mol. The van der Waals surface area contributed by atoms with Gasteiger partial charge < -0.3 is 10.2 Å². The van der Waals surface area contributed by atoms with E-state index in [2.05, 4.69) is 15.3 Å². The maximum atomic E-state index is 12.7. The van der Waals surface area contributed by atoms with Crippen molar-refractivity contribution in [1.82, 2.24) is 9.97 Å². The highest BCUT2D eigenvalue weighted by atomic mass is 16.1. The lowest BCUT2D eigenvalue weighted by Gasteiger charge is -2.18. The topological polar surface area (TPSA) is 58.1 Å². The Labute approximate surface area is 153 Å². The van der Waals surface area contributed by atoms with Gasteiger partial charge in [-0.05, 0) is 56.2 Å². The molecular weight excluding hydrogens is 324 g/mol. The molecule has 0 saturated carbocycles. The molecule has 0 fully saturated rings. The molecule has 3 aromatic rings. The lowest BCUT2D eigenvalue weighted by Crippen LogP contribution is -2.19. The quantitative estimate of drug-likeness (QED) is 0.759. The van der Waals surface area contributed by atoms with E-state index < -0.39 is 0 Å². The molecule has 0 aliphatic carbocycles. The summed E-state index contributed by atoms with van der Waals surface area (Å²) in [6.07, 6.45) is 0. The minimum Gasteiger partial charge on any atom is -0.320 e. The molecular formula is C21H22N4O. The van der Waals surface area contributed by atoms with Gasteiger partial charge in [-0.2, -0.15) is 0 Å². The number of aryl methyl sites for hydroxylation is 3. The number of nitrogens with zero attached hydrogens (tertiary/aromatic N) is 3. The Kier molecular flexibility index (Phi) is 4.98. The monoisotopic (exact) mass is 346 g/mol. The first-order valence-electron chi connectivity index (χ1n) is 8.47. The first-order chi connectivity index (χ1) is 12.4. The van der Waals surface area contributed by atoms with Gasteiger partial charge in [-0.25, -0.2) is 9.97 Å². The third-order valence-corrected chi connectivity index (χ3v) is 4.16. The standard InChI is InChI=1S/C21H22N4O/c1-14-10-11-15(2)18(12-14)23-20(26)19-13-16(3)22-21(24-19)25(4)17-8-6-5-7-9-17/h5-13H,1-4H3,(H,23,26). The largest absolute Gasteiger partial charge is 0.320 e. The second-order valence-electron chi connectivity index (χ2n) is 6.36. The number of carbonyl (C=O) groups excluding carboxylic acids is 1. The number of nitrogens with one attached hydrogen (secondary N) is 1. The van der Waals surface area contributed by atoms with Crippen LogP contribution >= 0.6 is 0 Å². The van der Waals surface area contributed by atoms with Crippen LogP contribution in [0.15, 0.2) is 54.6 Å². The third kappa shape index (κ3) is 3.88. The lowest BCUT2D eigenvalue weighted by molar-refractivity contribution is 0.102. The van der Waals surface area contributed by atoms with Crippen molar-refractivity contribution in [2.24, 2.45) is 0 Å². The van der Waals surface area contributed by atoms with Crippen LogP contribution in [0.5, 0.6) is 0 Å². The average molecular weight is 346 g/mol. The van der Waals surface area contributed by atoms with E-state index in [4.69, 9.17) is 0 Å². The molecule has 5 heteroatoms. The molecule has 26 heavy (non-hydrogen) atoms. The lowest BCUT2D eigenvalue weighted by atomic mass is 10.1. The summed E-state index contributed by atoms with van der Waals surface area (Å²) in [5.74, 6) is 0.245. The molecule has 3 rings (SSSR count). The summed E-state index contributed by atoms with van der Waals surface area (Å²) in [7, 11) is 1.89. The van der Waals surface area contributed by atoms with E-state index in [9.17, 15) is 4.79 Å². The minimum absolute atomic E-state index is 0.244. The van der Waals surface area contributed by atoms with Crippen LogP contribution in [0, 0.1) is 20.8 Å². The Bertz CT molecular complexity index is 938. The van der Waals surface area contributed by atoms with Gasteiger partial charge in [-0.3, -0.25) is 4.79 Å². The Hall–Kier alpha value is -3.21. The van der Waals surface area contributed by atoms with Crippen molar-refractivity contribution in [3.8, 4) is 0 Å². The highest BCUT2D eigenvalue weighted by molar-refractivity contribution is 6.03. The molecule has 132 valence electrons. The molecule has 0 spiro atoms. The third-order valence-electron chi connectivity index (χ3n) is 4.16. The van der Waals surface area contributed by atoms with Crippen molar-refractivity contribution in [2.75, 3.05) is 17.3 Å². The average Bonchev–Trinajstić information content (AvgIpc) is 2.64. The molecule has 1 N–H and O–H groups in total. The van der Waals surface area contributed by atoms with Crippen LogP contribution in [0.25, 0.3) is 0 Å². The molecule has 0 aliphatic rings. The van der Waals surface area contributed by atoms with E-state index in [-0.39, 0.29) is 5.91 Å². The Morgan fingerprint density at radius 2 is 1.69 bits per heavy atom. The second-order valence-corrected chi connectivity index (χ2v) is 6.36. The molecule has 5 nitrogen and oxygen atoms in total. The maximum Gasteiger partial charge on any atom is 0.274 e. The molecule has 2 aromatic carbocycles. The normalized spacial score (nSPS) is 10.5. The van der Waals surface area contributed by atoms with Crippen molar-refractivity contribution >= 4 is 23.2 Å². The number of anilines is 3. The molecule has 0 atom stereocenters. The molecule has 1 amide bonds. The van der Waals surface area contributed by atoms with Crippen LogP contribution < -0.4 is 10.2 Å². The zero-order valence-corrected chi connectivity index (χ0v) is 15.4. The van der Waals surface area contributed by atoms with Crippen LogP contribution in [-0.2, 0) is 0 Å². The van der Waals surface area contributed by atoms with Crippen LogP contribution in [0.2, 0.25) is 0 Å². The number of aromatic nitrogens is 2. The van der Waals surface area contributed by atoms with Gasteiger partial charge in [0, 0.05) is 24.1 Å². The number of benzene rings is 2. The van der Waals surface area contributed by atoms with Gasteiger partial charge in [0.15, 0.2) is 0 Å². The molecule has 0 aliphatic heterocycles. The van der Waals surface area contributed by atoms with Gasteiger partial charge >= 0.3 is 0 Å². The Morgan fingerprint density at radius 1 is 0.962 bits per heavy atom. The van der Waals surface area contributed by atoms with Crippen LogP contribution in [-0.4, -0.2) is 22.9 Å². The van der Waals surface area contributed by atoms with E-state index in [1.807, 2.05) is 81.2 Å². The summed E-state index contributed by atoms with van der Waals surface area (Å²) in [6, 6.07) is 17.5. The van der Waals surface area contributed by atoms with Gasteiger partial charge in [0.2, 0.25) is 5.95 Å². The summed E-state index contributed by atoms with van der Waals surface area (Å²) in [6.45, 7) is 5.82. The zero-order chi connectivity index (χ0) is 18.7. The van der Waals surface area contributed by atoms with Gasteiger partial charge in [0.05, 0.1) is 0 Å². The van der Waals surface area contributed by atoms with E-state index in [0.717, 1.165) is 28.2 Å². The summed E-state index contributed by atoms with van der Waals surface area (Å²) in [4.78, 5) is 23.5. The Balaban J connectivity index is 1.89. The molecule has 0 saturated heterocycles. The van der Waals surface area contributed by atoms with Crippen molar-refractivity contribution in [3.05, 3.63) is 77.1 Å². The second kappa shape index (κ2) is 7.35. The van der Waals surface area contributed by atoms with Crippen LogP contribution in [0.3, 0.4) is 0 Å². The minimum atomic E-state index is -0.244. The zero-order valence-electron chi connectivity index (χ0n) is 15.4. The maximum absolute atomic E-state index is 12.7. The number of hydrogen-bond donors (Lipinski definition) is 1. The summed E-state index contributed by atoms with van der Waals surface area (Å²) in [5.41, 5.74) is 4.94. The first-order valence-corrected chi connectivity index (χ1v) is 8.47. The Morgan fingerprint density at radius 3 is 2.42 bits per heavy atom. The smallest absolute Gasteiger partial charge is 0.274 e. The summed E-state index contributed by atoms with van der Waals surface area (Å²) < 4.78 is 0. The molecule has 0 unspecified atom stereocenters. The highest BCUT2D eigenvalue weighted by Gasteiger charge is 2.15. The number of amides is 1. The van der Waals surface area contributed by atoms with Gasteiger partial charge in [-0.15, -0.1) is 0 Å². The van der Waals surface area contributed by atoms with Gasteiger partial charge in [0.1, 0.15) is 5.69 Å². The van der Waals surface area contributed by atoms with E-state index in [0.29, 0.717) is 11.6 Å². The summed E-state index contributed by atoms with van der Waals surface area (Å²) in [5, 5.41) is 2.95. The molecule has 0 radical (unpaired) electrons. The predicted octanol–water partition coefficient (Wildman–Crippen LogP) is 4.42. The molecule has 1 heterocycles. The van der Waals surface area contributed by atoms with E-state index in [1.54, 1.807) is 6.07 Å². The molecule has 0 bridgehead atoms. The van der Waals surface area contributed by atoms with Crippen molar-refractivity contribution in [3.63, 3.8) is 0 Å². The van der Waals surface area contributed by atoms with Crippen LogP contribution in [0.4, 0.5) is 17.3 Å².